The number of aliphatic hydroxyl groups excluding tert-OH is 1. The number of sulfonamides is 1. The van der Waals surface area contributed by atoms with E-state index in [-0.39, 0.29) is 21.7 Å². The number of hydrogen-bond donors (Lipinski definition) is 1. The number of rotatable bonds is 1. The quantitative estimate of drug-likeness (QED) is 0.634. The predicted molar refractivity (Wildman–Crippen MR) is 86.4 cm³/mol. The summed E-state index contributed by atoms with van der Waals surface area (Å²) >= 11 is 0. The highest BCUT2D eigenvalue weighted by Crippen LogP contribution is 2.34. The molecule has 0 spiro atoms. The Morgan fingerprint density at radius 2 is 1.75 bits per heavy atom. The molecule has 1 aliphatic rings. The van der Waals surface area contributed by atoms with Gasteiger partial charge in [0.25, 0.3) is 10.0 Å². The minimum atomic E-state index is -3.93. The number of nitriles is 1. The summed E-state index contributed by atoms with van der Waals surface area (Å²) in [5.74, 6) is -1.03. The van der Waals surface area contributed by atoms with Gasteiger partial charge in [-0.1, -0.05) is 12.1 Å². The molecular formula is C17H12N2O4S. The Hall–Kier alpha value is -3.11. The number of benzene rings is 2. The molecule has 0 aliphatic carbocycles. The van der Waals surface area contributed by atoms with Gasteiger partial charge >= 0.3 is 0 Å². The lowest BCUT2D eigenvalue weighted by Crippen LogP contribution is -2.37. The number of ketones is 1. The molecule has 120 valence electrons. The second kappa shape index (κ2) is 5.51. The molecule has 1 aliphatic heterocycles. The maximum atomic E-state index is 12.7. The molecule has 0 bridgehead atoms. The standard InChI is InChI=1S/C17H12N2O4S/c1-19-15(16(20)12-8-6-11(10-18)7-9-12)17(21)13-4-2-3-5-14(13)24(19,22)23/h2-9,20H,1H3/b16-15-. The van der Waals surface area contributed by atoms with Crippen molar-refractivity contribution in [3.8, 4) is 6.07 Å². The summed E-state index contributed by atoms with van der Waals surface area (Å²) in [4.78, 5) is 12.6. The van der Waals surface area contributed by atoms with E-state index in [4.69, 9.17) is 5.26 Å². The zero-order valence-corrected chi connectivity index (χ0v) is 13.4. The van der Waals surface area contributed by atoms with E-state index in [2.05, 4.69) is 0 Å². The fourth-order valence-corrected chi connectivity index (χ4v) is 3.91. The molecule has 0 saturated carbocycles. The number of carbonyl (C=O) groups excluding carboxylic acids is 1. The summed E-state index contributed by atoms with van der Waals surface area (Å²) in [7, 11) is -2.71. The van der Waals surface area contributed by atoms with Crippen LogP contribution in [0.3, 0.4) is 0 Å². The summed E-state index contributed by atoms with van der Waals surface area (Å²) < 4.78 is 25.9. The summed E-state index contributed by atoms with van der Waals surface area (Å²) in [5, 5.41) is 19.3. The Kier molecular flexibility index (Phi) is 3.62. The third-order valence-corrected chi connectivity index (χ3v) is 5.63. The molecule has 2 aromatic carbocycles. The molecule has 0 radical (unpaired) electrons. The molecule has 0 saturated heterocycles. The molecule has 6 nitrogen and oxygen atoms in total. The lowest BCUT2D eigenvalue weighted by molar-refractivity contribution is 0.100. The van der Waals surface area contributed by atoms with Gasteiger partial charge in [-0.25, -0.2) is 8.42 Å². The average Bonchev–Trinajstić information content (AvgIpc) is 2.60. The summed E-state index contributed by atoms with van der Waals surface area (Å²) in [5.41, 5.74) is 0.334. The van der Waals surface area contributed by atoms with E-state index in [1.165, 1.54) is 49.5 Å². The first-order chi connectivity index (χ1) is 11.4. The second-order valence-electron chi connectivity index (χ2n) is 5.18. The molecular weight excluding hydrogens is 328 g/mol. The van der Waals surface area contributed by atoms with Gasteiger partial charge in [-0.15, -0.1) is 0 Å². The highest BCUT2D eigenvalue weighted by Gasteiger charge is 2.39. The lowest BCUT2D eigenvalue weighted by Gasteiger charge is -2.28. The molecule has 7 heteroatoms. The first-order valence-corrected chi connectivity index (χ1v) is 8.38. The zero-order valence-electron chi connectivity index (χ0n) is 12.6. The predicted octanol–water partition coefficient (Wildman–Crippen LogP) is 2.30. The molecule has 2 aromatic rings. The molecule has 0 amide bonds. The molecule has 24 heavy (non-hydrogen) atoms. The largest absolute Gasteiger partial charge is 0.505 e. The van der Waals surface area contributed by atoms with Crippen LogP contribution in [0.4, 0.5) is 0 Å². The van der Waals surface area contributed by atoms with Crippen molar-refractivity contribution in [3.05, 3.63) is 70.9 Å². The van der Waals surface area contributed by atoms with Crippen LogP contribution in [0.15, 0.2) is 59.1 Å². The Morgan fingerprint density at radius 1 is 1.12 bits per heavy atom. The van der Waals surface area contributed by atoms with Crippen LogP contribution < -0.4 is 0 Å². The number of likely N-dealkylation sites (N-methyl/N-ethyl adjacent to an activating group) is 1. The summed E-state index contributed by atoms with van der Waals surface area (Å²) in [6.45, 7) is 0. The van der Waals surface area contributed by atoms with Crippen LogP contribution >= 0.6 is 0 Å². The van der Waals surface area contributed by atoms with Crippen LogP contribution in [0, 0.1) is 11.3 Å². The van der Waals surface area contributed by atoms with Crippen LogP contribution in [-0.2, 0) is 10.0 Å². The van der Waals surface area contributed by atoms with Gasteiger partial charge in [0.15, 0.2) is 5.76 Å². The van der Waals surface area contributed by atoms with Gasteiger partial charge in [0.2, 0.25) is 5.78 Å². The van der Waals surface area contributed by atoms with E-state index in [9.17, 15) is 18.3 Å². The molecule has 0 aromatic heterocycles. The van der Waals surface area contributed by atoms with Crippen molar-refractivity contribution < 1.29 is 18.3 Å². The fourth-order valence-electron chi connectivity index (χ4n) is 2.51. The first-order valence-electron chi connectivity index (χ1n) is 6.94. The van der Waals surface area contributed by atoms with Crippen molar-refractivity contribution in [2.75, 3.05) is 7.05 Å². The third-order valence-electron chi connectivity index (χ3n) is 3.81. The third kappa shape index (κ3) is 2.25. The SMILES string of the molecule is CN1/C(=C(\O)c2ccc(C#N)cc2)C(=O)c2ccccc2S1(=O)=O. The van der Waals surface area contributed by atoms with Gasteiger partial charge in [0.1, 0.15) is 5.70 Å². The Balaban J connectivity index is 2.24. The fraction of sp³-hybridized carbons (Fsp3) is 0.0588. The molecule has 0 unspecified atom stereocenters. The van der Waals surface area contributed by atoms with Gasteiger partial charge < -0.3 is 5.11 Å². The highest BCUT2D eigenvalue weighted by atomic mass is 32.2. The normalized spacial score (nSPS) is 17.8. The van der Waals surface area contributed by atoms with Gasteiger partial charge in [-0.2, -0.15) is 5.26 Å². The van der Waals surface area contributed by atoms with Crippen LogP contribution in [0.5, 0.6) is 0 Å². The van der Waals surface area contributed by atoms with Crippen LogP contribution in [-0.4, -0.2) is 30.7 Å². The maximum absolute atomic E-state index is 12.7. The van der Waals surface area contributed by atoms with Crippen LogP contribution in [0.2, 0.25) is 0 Å². The van der Waals surface area contributed by atoms with E-state index < -0.39 is 21.6 Å². The molecule has 0 atom stereocenters. The Morgan fingerprint density at radius 3 is 2.38 bits per heavy atom. The van der Waals surface area contributed by atoms with Gasteiger partial charge in [0, 0.05) is 18.2 Å². The van der Waals surface area contributed by atoms with Crippen molar-refractivity contribution in [1.29, 1.82) is 5.26 Å². The highest BCUT2D eigenvalue weighted by molar-refractivity contribution is 7.89. The lowest BCUT2D eigenvalue weighted by atomic mass is 10.0. The number of allylic oxidation sites excluding steroid dienone is 1. The summed E-state index contributed by atoms with van der Waals surface area (Å²) in [6.07, 6.45) is 0. The van der Waals surface area contributed by atoms with Crippen molar-refractivity contribution in [1.82, 2.24) is 4.31 Å². The van der Waals surface area contributed by atoms with Gasteiger partial charge in [-0.05, 0) is 36.4 Å². The monoisotopic (exact) mass is 340 g/mol. The van der Waals surface area contributed by atoms with Crippen molar-refractivity contribution in [2.24, 2.45) is 0 Å². The van der Waals surface area contributed by atoms with E-state index in [0.29, 0.717) is 5.56 Å². The Labute approximate surface area is 138 Å². The number of hydrogen-bond acceptors (Lipinski definition) is 5. The molecule has 0 fully saturated rings. The minimum absolute atomic E-state index is 0.0193. The average molecular weight is 340 g/mol. The minimum Gasteiger partial charge on any atom is -0.505 e. The number of nitrogens with zero attached hydrogens (tertiary/aromatic N) is 2. The van der Waals surface area contributed by atoms with Crippen LogP contribution in [0.25, 0.3) is 5.76 Å². The van der Waals surface area contributed by atoms with E-state index in [1.807, 2.05) is 6.07 Å². The van der Waals surface area contributed by atoms with Gasteiger partial charge in [0.05, 0.1) is 16.5 Å². The van der Waals surface area contributed by atoms with E-state index in [0.717, 1.165) is 4.31 Å². The smallest absolute Gasteiger partial charge is 0.265 e. The van der Waals surface area contributed by atoms with E-state index in [1.54, 1.807) is 6.07 Å². The second-order valence-corrected chi connectivity index (χ2v) is 7.12. The number of carbonyl (C=O) groups is 1. The summed E-state index contributed by atoms with van der Waals surface area (Å²) in [6, 6.07) is 13.7. The zero-order chi connectivity index (χ0) is 17.5. The van der Waals surface area contributed by atoms with E-state index >= 15 is 0 Å². The number of Topliss-reactive ketones (excluding diaryl/α,β-unsaturated/α-hetero) is 1. The Bertz CT molecular complexity index is 1020. The van der Waals surface area contributed by atoms with Crippen molar-refractivity contribution in [2.45, 2.75) is 4.90 Å². The van der Waals surface area contributed by atoms with Crippen molar-refractivity contribution >= 4 is 21.6 Å². The maximum Gasteiger partial charge on any atom is 0.265 e. The van der Waals surface area contributed by atoms with Crippen molar-refractivity contribution in [3.63, 3.8) is 0 Å². The molecule has 3 rings (SSSR count). The number of aliphatic hydroxyl groups is 1. The van der Waals surface area contributed by atoms with Gasteiger partial charge in [-0.3, -0.25) is 9.10 Å². The molecule has 1 N–H and O–H groups in total. The molecule has 1 heterocycles. The number of fused-ring (bicyclic) bond motifs is 1. The first kappa shape index (κ1) is 15.8. The topological polar surface area (TPSA) is 98.5 Å². The van der Waals surface area contributed by atoms with Crippen LogP contribution in [0.1, 0.15) is 21.5 Å².